The standard InChI is InChI=1S/C28H25FN4O9S2/c1-41-22-13-16-24(26(17-22)42-2)32(44(39,40)27-6-4-3-5-25(27)33(35)36)18-28(34)30-20-11-14-23(15-12-20)43(37,38)31-21-9-7-19(29)8-10-21/h3-17,31H,18H2,1-2H3,(H,30,34). The Kier molecular flexibility index (Phi) is 9.35. The minimum absolute atomic E-state index is 0.00234. The summed E-state index contributed by atoms with van der Waals surface area (Å²) in [5.41, 5.74) is -0.537. The van der Waals surface area contributed by atoms with Crippen LogP contribution in [0.15, 0.2) is 101 Å². The van der Waals surface area contributed by atoms with Gasteiger partial charge in [0.25, 0.3) is 25.7 Å². The molecule has 2 N–H and O–H groups in total. The van der Waals surface area contributed by atoms with Crippen LogP contribution >= 0.6 is 0 Å². The molecule has 16 heteroatoms. The van der Waals surface area contributed by atoms with Gasteiger partial charge in [-0.25, -0.2) is 21.2 Å². The summed E-state index contributed by atoms with van der Waals surface area (Å²) in [4.78, 5) is 23.2. The lowest BCUT2D eigenvalue weighted by atomic mass is 10.2. The third kappa shape index (κ3) is 7.04. The second-order valence-corrected chi connectivity index (χ2v) is 12.5. The first-order valence-electron chi connectivity index (χ1n) is 12.5. The summed E-state index contributed by atoms with van der Waals surface area (Å²) in [6, 6.07) is 18.5. The summed E-state index contributed by atoms with van der Waals surface area (Å²) in [5, 5.41) is 14.1. The normalized spacial score (nSPS) is 11.3. The van der Waals surface area contributed by atoms with Crippen molar-refractivity contribution < 1.29 is 40.4 Å². The highest BCUT2D eigenvalue weighted by molar-refractivity contribution is 7.93. The zero-order valence-corrected chi connectivity index (χ0v) is 24.8. The Bertz CT molecular complexity index is 1900. The Labute approximate surface area is 252 Å². The fraction of sp³-hybridized carbons (Fsp3) is 0.107. The molecule has 0 aliphatic heterocycles. The molecule has 4 aromatic carbocycles. The van der Waals surface area contributed by atoms with Crippen molar-refractivity contribution in [3.8, 4) is 11.5 Å². The maximum atomic E-state index is 13.9. The second kappa shape index (κ2) is 13.0. The molecule has 0 aliphatic rings. The Morgan fingerprint density at radius 2 is 1.52 bits per heavy atom. The third-order valence-electron chi connectivity index (χ3n) is 6.12. The highest BCUT2D eigenvalue weighted by atomic mass is 32.2. The summed E-state index contributed by atoms with van der Waals surface area (Å²) in [6.07, 6.45) is 0. The average Bonchev–Trinajstić information content (AvgIpc) is 3.00. The number of nitrogens with zero attached hydrogens (tertiary/aromatic N) is 2. The second-order valence-electron chi connectivity index (χ2n) is 8.96. The van der Waals surface area contributed by atoms with Gasteiger partial charge in [0.2, 0.25) is 5.91 Å². The number of hydrogen-bond donors (Lipinski definition) is 2. The van der Waals surface area contributed by atoms with Gasteiger partial charge in [0.05, 0.1) is 29.7 Å². The molecule has 44 heavy (non-hydrogen) atoms. The molecule has 0 saturated heterocycles. The molecule has 4 aromatic rings. The lowest BCUT2D eigenvalue weighted by Gasteiger charge is -2.25. The van der Waals surface area contributed by atoms with Gasteiger partial charge in [0.15, 0.2) is 4.90 Å². The van der Waals surface area contributed by atoms with Gasteiger partial charge in [0.1, 0.15) is 23.9 Å². The fourth-order valence-corrected chi connectivity index (χ4v) is 6.67. The van der Waals surface area contributed by atoms with Crippen molar-refractivity contribution >= 4 is 48.7 Å². The lowest BCUT2D eigenvalue weighted by molar-refractivity contribution is -0.387. The molecule has 0 spiro atoms. The zero-order chi connectivity index (χ0) is 32.1. The maximum Gasteiger partial charge on any atom is 0.289 e. The summed E-state index contributed by atoms with van der Waals surface area (Å²) < 4.78 is 79.8. The highest BCUT2D eigenvalue weighted by Gasteiger charge is 2.34. The minimum Gasteiger partial charge on any atom is -0.497 e. The number of hydrogen-bond acceptors (Lipinski definition) is 9. The van der Waals surface area contributed by atoms with E-state index in [1.807, 2.05) is 0 Å². The van der Waals surface area contributed by atoms with Crippen molar-refractivity contribution in [3.05, 3.63) is 107 Å². The third-order valence-corrected chi connectivity index (χ3v) is 9.32. The number of amides is 1. The maximum absolute atomic E-state index is 13.9. The van der Waals surface area contributed by atoms with E-state index in [-0.39, 0.29) is 27.7 Å². The van der Waals surface area contributed by atoms with Crippen LogP contribution in [0.3, 0.4) is 0 Å². The first kappa shape index (κ1) is 31.7. The predicted octanol–water partition coefficient (Wildman–Crippen LogP) is 4.39. The van der Waals surface area contributed by atoms with Crippen LogP contribution in [0.2, 0.25) is 0 Å². The molecule has 0 bridgehead atoms. The topological polar surface area (TPSA) is 174 Å². The predicted molar refractivity (Wildman–Crippen MR) is 159 cm³/mol. The summed E-state index contributed by atoms with van der Waals surface area (Å²) in [7, 11) is -6.12. The van der Waals surface area contributed by atoms with Gasteiger partial charge < -0.3 is 14.8 Å². The van der Waals surface area contributed by atoms with Crippen LogP contribution in [-0.2, 0) is 24.8 Å². The average molecular weight is 645 g/mol. The zero-order valence-electron chi connectivity index (χ0n) is 23.1. The molecule has 0 unspecified atom stereocenters. The Balaban J connectivity index is 1.63. The smallest absolute Gasteiger partial charge is 0.289 e. The van der Waals surface area contributed by atoms with Crippen molar-refractivity contribution in [2.24, 2.45) is 0 Å². The number of nitrogens with one attached hydrogen (secondary N) is 2. The van der Waals surface area contributed by atoms with Crippen LogP contribution in [0.4, 0.5) is 27.1 Å². The van der Waals surface area contributed by atoms with Crippen molar-refractivity contribution in [3.63, 3.8) is 0 Å². The number of carbonyl (C=O) groups is 1. The van der Waals surface area contributed by atoms with Gasteiger partial charge in [-0.05, 0) is 66.7 Å². The number of anilines is 3. The number of benzene rings is 4. The molecule has 0 fully saturated rings. The molecule has 0 saturated carbocycles. The lowest BCUT2D eigenvalue weighted by Crippen LogP contribution is -2.38. The molecule has 0 radical (unpaired) electrons. The first-order chi connectivity index (χ1) is 20.8. The van der Waals surface area contributed by atoms with Crippen LogP contribution in [-0.4, -0.2) is 48.4 Å². The van der Waals surface area contributed by atoms with Gasteiger partial charge in [-0.3, -0.25) is 23.9 Å². The van der Waals surface area contributed by atoms with E-state index in [4.69, 9.17) is 9.47 Å². The van der Waals surface area contributed by atoms with Gasteiger partial charge in [-0.2, -0.15) is 0 Å². The molecular weight excluding hydrogens is 619 g/mol. The van der Waals surface area contributed by atoms with E-state index in [0.29, 0.717) is 10.1 Å². The van der Waals surface area contributed by atoms with Crippen molar-refractivity contribution in [2.45, 2.75) is 9.79 Å². The van der Waals surface area contributed by atoms with E-state index in [1.54, 1.807) is 0 Å². The van der Waals surface area contributed by atoms with Crippen LogP contribution in [0, 0.1) is 15.9 Å². The number of sulfonamides is 2. The number of carbonyl (C=O) groups excluding carboxylic acids is 1. The van der Waals surface area contributed by atoms with Crippen molar-refractivity contribution in [1.82, 2.24) is 0 Å². The number of nitro groups is 1. The number of para-hydroxylation sites is 1. The Morgan fingerprint density at radius 1 is 0.886 bits per heavy atom. The molecule has 13 nitrogen and oxygen atoms in total. The SMILES string of the molecule is COc1ccc(N(CC(=O)Nc2ccc(S(=O)(=O)Nc3ccc(F)cc3)cc2)S(=O)(=O)c2ccccc2[N+](=O)[O-])c(OC)c1. The molecule has 0 aromatic heterocycles. The quantitative estimate of drug-likeness (QED) is 0.167. The monoisotopic (exact) mass is 644 g/mol. The highest BCUT2D eigenvalue weighted by Crippen LogP contribution is 2.37. The minimum atomic E-state index is -4.73. The van der Waals surface area contributed by atoms with E-state index in [1.165, 1.54) is 80.9 Å². The van der Waals surface area contributed by atoms with Crippen molar-refractivity contribution in [1.29, 1.82) is 0 Å². The van der Waals surface area contributed by atoms with E-state index in [0.717, 1.165) is 24.3 Å². The molecule has 0 aliphatic carbocycles. The van der Waals surface area contributed by atoms with Crippen LogP contribution in [0.25, 0.3) is 0 Å². The van der Waals surface area contributed by atoms with Gasteiger partial charge >= 0.3 is 0 Å². The van der Waals surface area contributed by atoms with E-state index < -0.39 is 53.8 Å². The molecule has 0 atom stereocenters. The number of rotatable bonds is 12. The molecule has 1 amide bonds. The molecule has 4 rings (SSSR count). The largest absolute Gasteiger partial charge is 0.497 e. The number of nitro benzene ring substituents is 1. The van der Waals surface area contributed by atoms with Gasteiger partial charge in [-0.1, -0.05) is 12.1 Å². The summed E-state index contributed by atoms with van der Waals surface area (Å²) >= 11 is 0. The molecule has 230 valence electrons. The van der Waals surface area contributed by atoms with Gasteiger partial charge in [0, 0.05) is 23.5 Å². The van der Waals surface area contributed by atoms with Crippen LogP contribution in [0.1, 0.15) is 0 Å². The van der Waals surface area contributed by atoms with Crippen molar-refractivity contribution in [2.75, 3.05) is 35.1 Å². The van der Waals surface area contributed by atoms with E-state index in [2.05, 4.69) is 10.0 Å². The van der Waals surface area contributed by atoms with E-state index >= 15 is 0 Å². The number of halogens is 1. The molecular formula is C28H25FN4O9S2. The summed E-state index contributed by atoms with van der Waals surface area (Å²) in [5.74, 6) is -1.07. The first-order valence-corrected chi connectivity index (χ1v) is 15.4. The van der Waals surface area contributed by atoms with Gasteiger partial charge in [-0.15, -0.1) is 0 Å². The van der Waals surface area contributed by atoms with Crippen LogP contribution < -0.4 is 23.8 Å². The Hall–Kier alpha value is -5.22. The molecule has 0 heterocycles. The number of methoxy groups -OCH3 is 2. The fourth-order valence-electron chi connectivity index (χ4n) is 4.02. The summed E-state index contributed by atoms with van der Waals surface area (Å²) in [6.45, 7) is -0.844. The van der Waals surface area contributed by atoms with Crippen LogP contribution in [0.5, 0.6) is 11.5 Å². The van der Waals surface area contributed by atoms with E-state index in [9.17, 15) is 36.1 Å². The Morgan fingerprint density at radius 3 is 2.14 bits per heavy atom. The number of ether oxygens (including phenoxy) is 2.